The van der Waals surface area contributed by atoms with E-state index in [1.165, 1.54) is 0 Å². The number of nitrogens with two attached hydrogens (primary N) is 1. The van der Waals surface area contributed by atoms with Gasteiger partial charge in [0, 0.05) is 26.2 Å². The van der Waals surface area contributed by atoms with E-state index in [9.17, 15) is 9.90 Å². The molecule has 0 amide bonds. The van der Waals surface area contributed by atoms with Crippen LogP contribution in [0.5, 0.6) is 0 Å². The summed E-state index contributed by atoms with van der Waals surface area (Å²) >= 11 is 0. The van der Waals surface area contributed by atoms with Crippen LogP contribution < -0.4 is 5.73 Å². The summed E-state index contributed by atoms with van der Waals surface area (Å²) in [4.78, 5) is 11.4. The van der Waals surface area contributed by atoms with Gasteiger partial charge in [0.15, 0.2) is 0 Å². The van der Waals surface area contributed by atoms with E-state index < -0.39 is 11.4 Å². The Bertz CT molecular complexity index is 373. The van der Waals surface area contributed by atoms with Gasteiger partial charge in [-0.15, -0.1) is 0 Å². The molecule has 0 spiro atoms. The molecule has 0 saturated carbocycles. The van der Waals surface area contributed by atoms with Crippen molar-refractivity contribution in [2.45, 2.75) is 20.3 Å². The fourth-order valence-electron chi connectivity index (χ4n) is 1.80. The number of nitrogens with zero attached hydrogens (tertiary/aromatic N) is 2. The Labute approximate surface area is 95.3 Å². The molecule has 0 aliphatic rings. The number of aryl methyl sites for hydroxylation is 1. The van der Waals surface area contributed by atoms with Gasteiger partial charge in [-0.3, -0.25) is 9.48 Å². The molecule has 1 atom stereocenters. The molecule has 5 nitrogen and oxygen atoms in total. The third-order valence-corrected chi connectivity index (χ3v) is 3.16. The summed E-state index contributed by atoms with van der Waals surface area (Å²) in [6.45, 7) is 3.88. The van der Waals surface area contributed by atoms with Crippen LogP contribution in [0.1, 0.15) is 19.5 Å². The fourth-order valence-corrected chi connectivity index (χ4v) is 1.80. The maximum atomic E-state index is 11.4. The highest BCUT2D eigenvalue weighted by atomic mass is 16.4. The van der Waals surface area contributed by atoms with Crippen LogP contribution in [-0.4, -0.2) is 27.4 Å². The first-order valence-electron chi connectivity index (χ1n) is 5.34. The van der Waals surface area contributed by atoms with Crippen molar-refractivity contribution in [3.05, 3.63) is 18.0 Å². The van der Waals surface area contributed by atoms with Gasteiger partial charge >= 0.3 is 5.97 Å². The lowest BCUT2D eigenvalue weighted by atomic mass is 9.74. The second-order valence-electron chi connectivity index (χ2n) is 4.48. The average molecular weight is 225 g/mol. The largest absolute Gasteiger partial charge is 0.481 e. The molecule has 1 aromatic rings. The van der Waals surface area contributed by atoms with E-state index in [1.807, 2.05) is 27.0 Å². The molecule has 0 saturated heterocycles. The van der Waals surface area contributed by atoms with Crippen molar-refractivity contribution in [1.82, 2.24) is 9.78 Å². The van der Waals surface area contributed by atoms with Gasteiger partial charge in [-0.1, -0.05) is 13.8 Å². The number of aromatic nitrogens is 2. The minimum atomic E-state index is -0.922. The first-order valence-corrected chi connectivity index (χ1v) is 5.34. The van der Waals surface area contributed by atoms with Crippen LogP contribution in [0.25, 0.3) is 0 Å². The molecule has 5 heteroatoms. The molecule has 0 aromatic carbocycles. The predicted molar refractivity (Wildman–Crippen MR) is 60.9 cm³/mol. The molecule has 1 unspecified atom stereocenters. The molecule has 0 radical (unpaired) electrons. The molecule has 0 aliphatic carbocycles. The van der Waals surface area contributed by atoms with Crippen LogP contribution in [-0.2, 0) is 18.3 Å². The van der Waals surface area contributed by atoms with Gasteiger partial charge in [-0.2, -0.15) is 5.10 Å². The van der Waals surface area contributed by atoms with Crippen LogP contribution in [0, 0.1) is 11.3 Å². The van der Waals surface area contributed by atoms with Gasteiger partial charge in [0.05, 0.1) is 11.1 Å². The number of rotatable bonds is 5. The molecule has 3 N–H and O–H groups in total. The highest BCUT2D eigenvalue weighted by Crippen LogP contribution is 2.30. The monoisotopic (exact) mass is 225 g/mol. The number of carboxylic acids is 1. The summed E-state index contributed by atoms with van der Waals surface area (Å²) in [7, 11) is 1.81. The van der Waals surface area contributed by atoms with Crippen molar-refractivity contribution in [1.29, 1.82) is 0 Å². The summed E-state index contributed by atoms with van der Waals surface area (Å²) in [5.74, 6) is -0.882. The van der Waals surface area contributed by atoms with Crippen molar-refractivity contribution < 1.29 is 9.90 Å². The summed E-state index contributed by atoms with van der Waals surface area (Å²) in [6.07, 6.45) is 2.18. The summed E-state index contributed by atoms with van der Waals surface area (Å²) in [5, 5.41) is 13.6. The molecule has 90 valence electrons. The first-order chi connectivity index (χ1) is 7.42. The maximum Gasteiger partial charge on any atom is 0.311 e. The van der Waals surface area contributed by atoms with Crippen LogP contribution in [0.3, 0.4) is 0 Å². The topological polar surface area (TPSA) is 81.1 Å². The molecule has 1 heterocycles. The molecule has 0 bridgehead atoms. The molecular weight excluding hydrogens is 206 g/mol. The van der Waals surface area contributed by atoms with E-state index in [0.29, 0.717) is 6.42 Å². The van der Waals surface area contributed by atoms with Gasteiger partial charge in [0.1, 0.15) is 0 Å². The Morgan fingerprint density at radius 2 is 2.31 bits per heavy atom. The summed E-state index contributed by atoms with van der Waals surface area (Å²) < 4.78 is 1.67. The number of hydrogen-bond acceptors (Lipinski definition) is 3. The van der Waals surface area contributed by atoms with E-state index in [2.05, 4.69) is 5.10 Å². The highest BCUT2D eigenvalue weighted by Gasteiger charge is 2.41. The molecule has 0 fully saturated rings. The fraction of sp³-hybridized carbons (Fsp3) is 0.636. The normalized spacial score (nSPS) is 15.1. The lowest BCUT2D eigenvalue weighted by Gasteiger charge is -2.31. The molecule has 1 aromatic heterocycles. The van der Waals surface area contributed by atoms with Crippen molar-refractivity contribution in [3.63, 3.8) is 0 Å². The molecule has 1 rings (SSSR count). The maximum absolute atomic E-state index is 11.4. The van der Waals surface area contributed by atoms with E-state index >= 15 is 0 Å². The van der Waals surface area contributed by atoms with Crippen LogP contribution in [0.4, 0.5) is 0 Å². The third kappa shape index (κ3) is 2.24. The van der Waals surface area contributed by atoms with E-state index in [-0.39, 0.29) is 12.5 Å². The second-order valence-corrected chi connectivity index (χ2v) is 4.48. The lowest BCUT2D eigenvalue weighted by Crippen LogP contribution is -2.45. The zero-order chi connectivity index (χ0) is 12.3. The minimum Gasteiger partial charge on any atom is -0.481 e. The van der Waals surface area contributed by atoms with E-state index in [0.717, 1.165) is 5.69 Å². The quantitative estimate of drug-likeness (QED) is 0.771. The summed E-state index contributed by atoms with van der Waals surface area (Å²) in [5.41, 5.74) is 5.49. The zero-order valence-electron chi connectivity index (χ0n) is 9.97. The van der Waals surface area contributed by atoms with E-state index in [1.54, 1.807) is 10.9 Å². The molecular formula is C11H19N3O2. The van der Waals surface area contributed by atoms with Crippen LogP contribution >= 0.6 is 0 Å². The van der Waals surface area contributed by atoms with Gasteiger partial charge in [-0.25, -0.2) is 0 Å². The average Bonchev–Trinajstić information content (AvgIpc) is 2.59. The third-order valence-electron chi connectivity index (χ3n) is 3.16. The van der Waals surface area contributed by atoms with Gasteiger partial charge in [-0.05, 0) is 12.0 Å². The smallest absolute Gasteiger partial charge is 0.311 e. The van der Waals surface area contributed by atoms with Crippen molar-refractivity contribution in [3.8, 4) is 0 Å². The Morgan fingerprint density at radius 3 is 2.62 bits per heavy atom. The van der Waals surface area contributed by atoms with Crippen molar-refractivity contribution in [2.75, 3.05) is 6.54 Å². The predicted octanol–water partition coefficient (Wildman–Crippen LogP) is 0.648. The SMILES string of the molecule is CC(C)C(CN)(Cc1ccn(C)n1)C(=O)O. The van der Waals surface area contributed by atoms with Crippen molar-refractivity contribution >= 4 is 5.97 Å². The standard InChI is InChI=1S/C11H19N3O2/c1-8(2)11(7-12,10(15)16)6-9-4-5-14(3)13-9/h4-5,8H,6-7,12H2,1-3H3,(H,15,16). The highest BCUT2D eigenvalue weighted by molar-refractivity contribution is 5.75. The molecule has 16 heavy (non-hydrogen) atoms. The lowest BCUT2D eigenvalue weighted by molar-refractivity contribution is -0.151. The van der Waals surface area contributed by atoms with Crippen molar-refractivity contribution in [2.24, 2.45) is 24.1 Å². The van der Waals surface area contributed by atoms with Gasteiger partial charge < -0.3 is 10.8 Å². The Hall–Kier alpha value is -1.36. The minimum absolute atomic E-state index is 0.0305. The van der Waals surface area contributed by atoms with E-state index in [4.69, 9.17) is 5.73 Å². The van der Waals surface area contributed by atoms with Gasteiger partial charge in [0.2, 0.25) is 0 Å². The van der Waals surface area contributed by atoms with Crippen LogP contribution in [0.15, 0.2) is 12.3 Å². The van der Waals surface area contributed by atoms with Crippen LogP contribution in [0.2, 0.25) is 0 Å². The van der Waals surface area contributed by atoms with Gasteiger partial charge in [0.25, 0.3) is 0 Å². The Kier molecular flexibility index (Phi) is 3.70. The second kappa shape index (κ2) is 4.65. The number of hydrogen-bond donors (Lipinski definition) is 2. The Balaban J connectivity index is 2.99. The number of carbonyl (C=O) groups is 1. The number of carboxylic acid groups (broad SMARTS) is 1. The Morgan fingerprint density at radius 1 is 1.69 bits per heavy atom. The molecule has 0 aliphatic heterocycles. The summed E-state index contributed by atoms with van der Waals surface area (Å²) in [6, 6.07) is 1.83. The zero-order valence-corrected chi connectivity index (χ0v) is 9.97. The first kappa shape index (κ1) is 12.7. The number of aliphatic carboxylic acids is 1.